The minimum Gasteiger partial charge on any atom is -0.477 e. The van der Waals surface area contributed by atoms with Crippen LogP contribution < -0.4 is 16.1 Å². The summed E-state index contributed by atoms with van der Waals surface area (Å²) in [5.41, 5.74) is -1.32. The van der Waals surface area contributed by atoms with Crippen molar-refractivity contribution in [2.75, 3.05) is 18.0 Å². The summed E-state index contributed by atoms with van der Waals surface area (Å²) >= 11 is 0. The standard InChI is InChI=1S/C26H26F3N3O4/c1-5-30-14-25(3,4)20-10-9-17(11-21(20)30)31-13-18(23(34)35)22(33)32(24(31)36)12-16-7-6-8-19(15(16)2)26(27,28)29/h6-11,13H,5,12,14H2,1-4H3,(H,34,35). The smallest absolute Gasteiger partial charge is 0.416 e. The molecule has 7 nitrogen and oxygen atoms in total. The van der Waals surface area contributed by atoms with E-state index in [0.29, 0.717) is 10.3 Å². The molecule has 10 heteroatoms. The number of rotatable bonds is 5. The average molecular weight is 502 g/mol. The first-order valence-corrected chi connectivity index (χ1v) is 11.4. The molecule has 0 aliphatic carbocycles. The fourth-order valence-corrected chi connectivity index (χ4v) is 4.84. The summed E-state index contributed by atoms with van der Waals surface area (Å²) in [4.78, 5) is 40.4. The normalized spacial score (nSPS) is 14.7. The van der Waals surface area contributed by atoms with Crippen LogP contribution in [0.15, 0.2) is 52.2 Å². The van der Waals surface area contributed by atoms with Crippen molar-refractivity contribution in [3.05, 3.63) is 91.3 Å². The number of anilines is 1. The second-order valence-corrected chi connectivity index (χ2v) is 9.58. The van der Waals surface area contributed by atoms with Gasteiger partial charge in [0.05, 0.1) is 17.8 Å². The highest BCUT2D eigenvalue weighted by atomic mass is 19.4. The largest absolute Gasteiger partial charge is 0.477 e. The monoisotopic (exact) mass is 501 g/mol. The second kappa shape index (κ2) is 8.69. The average Bonchev–Trinajstić information content (AvgIpc) is 3.06. The van der Waals surface area contributed by atoms with Crippen LogP contribution in [-0.4, -0.2) is 33.3 Å². The van der Waals surface area contributed by atoms with Gasteiger partial charge in [0.2, 0.25) is 0 Å². The Morgan fingerprint density at radius 3 is 2.44 bits per heavy atom. The van der Waals surface area contributed by atoms with Crippen molar-refractivity contribution in [1.82, 2.24) is 9.13 Å². The number of likely N-dealkylation sites (N-methyl/N-ethyl adjacent to an activating group) is 1. The number of fused-ring (bicyclic) bond motifs is 1. The minimum atomic E-state index is -4.61. The van der Waals surface area contributed by atoms with E-state index in [9.17, 15) is 32.7 Å². The molecule has 0 atom stereocenters. The van der Waals surface area contributed by atoms with Crippen molar-refractivity contribution in [1.29, 1.82) is 0 Å². The predicted molar refractivity (Wildman–Crippen MR) is 129 cm³/mol. The summed E-state index contributed by atoms with van der Waals surface area (Å²) in [5, 5.41) is 9.64. The maximum Gasteiger partial charge on any atom is 0.416 e. The summed E-state index contributed by atoms with van der Waals surface area (Å²) in [6, 6.07) is 8.81. The van der Waals surface area contributed by atoms with Crippen LogP contribution in [0.25, 0.3) is 5.69 Å². The van der Waals surface area contributed by atoms with Crippen LogP contribution in [0.3, 0.4) is 0 Å². The molecule has 1 N–H and O–H groups in total. The lowest BCUT2D eigenvalue weighted by molar-refractivity contribution is -0.138. The van der Waals surface area contributed by atoms with Crippen molar-refractivity contribution in [3.8, 4) is 5.69 Å². The van der Waals surface area contributed by atoms with Crippen LogP contribution in [-0.2, 0) is 18.1 Å². The van der Waals surface area contributed by atoms with E-state index in [2.05, 4.69) is 18.7 Å². The van der Waals surface area contributed by atoms with Crippen molar-refractivity contribution >= 4 is 11.7 Å². The molecule has 2 aromatic carbocycles. The molecule has 2 heterocycles. The van der Waals surface area contributed by atoms with E-state index in [1.807, 2.05) is 13.0 Å². The number of hydrogen-bond donors (Lipinski definition) is 1. The predicted octanol–water partition coefficient (Wildman–Crippen LogP) is 4.19. The SMILES string of the molecule is CCN1CC(C)(C)c2ccc(-n3cc(C(=O)O)c(=O)n(Cc4cccc(C(F)(F)F)c4C)c3=O)cc21. The van der Waals surface area contributed by atoms with Crippen molar-refractivity contribution in [3.63, 3.8) is 0 Å². The molecule has 0 saturated carbocycles. The number of carbonyl (C=O) groups is 1. The molecule has 0 saturated heterocycles. The van der Waals surface area contributed by atoms with Gasteiger partial charge in [-0.05, 0) is 48.7 Å². The summed E-state index contributed by atoms with van der Waals surface area (Å²) in [6.45, 7) is 8.46. The number of benzene rings is 2. The lowest BCUT2D eigenvalue weighted by Gasteiger charge is -2.20. The highest BCUT2D eigenvalue weighted by Gasteiger charge is 2.35. The number of hydrogen-bond acceptors (Lipinski definition) is 4. The highest BCUT2D eigenvalue weighted by Crippen LogP contribution is 2.41. The van der Waals surface area contributed by atoms with Gasteiger partial charge in [0.1, 0.15) is 5.56 Å². The Kier molecular flexibility index (Phi) is 6.10. The fourth-order valence-electron chi connectivity index (χ4n) is 4.84. The van der Waals surface area contributed by atoms with E-state index in [1.54, 1.807) is 12.1 Å². The first-order chi connectivity index (χ1) is 16.8. The molecule has 0 bridgehead atoms. The fraction of sp³-hybridized carbons (Fsp3) is 0.346. The first-order valence-electron chi connectivity index (χ1n) is 11.4. The van der Waals surface area contributed by atoms with Gasteiger partial charge in [0.15, 0.2) is 0 Å². The molecule has 1 aliphatic heterocycles. The van der Waals surface area contributed by atoms with Crippen LogP contribution in [0.5, 0.6) is 0 Å². The van der Waals surface area contributed by atoms with Gasteiger partial charge in [-0.1, -0.05) is 32.0 Å². The zero-order valence-electron chi connectivity index (χ0n) is 20.3. The Bertz CT molecular complexity index is 1490. The number of halogens is 3. The molecule has 0 amide bonds. The second-order valence-electron chi connectivity index (χ2n) is 9.58. The lowest BCUT2D eigenvalue weighted by Crippen LogP contribution is -2.42. The topological polar surface area (TPSA) is 84.5 Å². The number of aromatic nitrogens is 2. The third kappa shape index (κ3) is 4.20. The van der Waals surface area contributed by atoms with Gasteiger partial charge in [-0.2, -0.15) is 13.2 Å². The summed E-state index contributed by atoms with van der Waals surface area (Å²) in [7, 11) is 0. The number of aromatic carboxylic acids is 1. The summed E-state index contributed by atoms with van der Waals surface area (Å²) in [5.74, 6) is -1.54. The highest BCUT2D eigenvalue weighted by molar-refractivity contribution is 5.86. The molecule has 0 unspecified atom stereocenters. The molecule has 36 heavy (non-hydrogen) atoms. The van der Waals surface area contributed by atoms with Crippen molar-refractivity contribution < 1.29 is 23.1 Å². The van der Waals surface area contributed by atoms with E-state index < -0.39 is 41.1 Å². The van der Waals surface area contributed by atoms with E-state index in [1.165, 1.54) is 19.1 Å². The Labute approximate surface area is 205 Å². The van der Waals surface area contributed by atoms with Gasteiger partial charge in [-0.25, -0.2) is 9.59 Å². The molecule has 1 aromatic heterocycles. The van der Waals surface area contributed by atoms with E-state index in [4.69, 9.17) is 0 Å². The lowest BCUT2D eigenvalue weighted by atomic mass is 9.87. The number of nitrogens with zero attached hydrogens (tertiary/aromatic N) is 3. The molecule has 190 valence electrons. The Morgan fingerprint density at radius 2 is 1.83 bits per heavy atom. The Morgan fingerprint density at radius 1 is 1.14 bits per heavy atom. The molecule has 1 aliphatic rings. The van der Waals surface area contributed by atoms with Crippen LogP contribution in [0.4, 0.5) is 18.9 Å². The van der Waals surface area contributed by atoms with Gasteiger partial charge in [0, 0.05) is 30.4 Å². The van der Waals surface area contributed by atoms with Gasteiger partial charge in [-0.3, -0.25) is 13.9 Å². The number of alkyl halides is 3. The quantitative estimate of drug-likeness (QED) is 0.567. The van der Waals surface area contributed by atoms with Crippen LogP contribution >= 0.6 is 0 Å². The Balaban J connectivity index is 1.91. The zero-order chi connectivity index (χ0) is 26.6. The molecule has 0 spiro atoms. The van der Waals surface area contributed by atoms with Gasteiger partial charge < -0.3 is 10.0 Å². The van der Waals surface area contributed by atoms with Crippen LogP contribution in [0.1, 0.15) is 53.4 Å². The maximum absolute atomic E-state index is 13.4. The van der Waals surface area contributed by atoms with Gasteiger partial charge in [0.25, 0.3) is 5.56 Å². The first kappa shape index (κ1) is 25.3. The molecule has 4 rings (SSSR count). The Hall–Kier alpha value is -3.82. The van der Waals surface area contributed by atoms with Crippen LogP contribution in [0.2, 0.25) is 0 Å². The third-order valence-electron chi connectivity index (χ3n) is 6.78. The van der Waals surface area contributed by atoms with Crippen molar-refractivity contribution in [2.24, 2.45) is 0 Å². The summed E-state index contributed by atoms with van der Waals surface area (Å²) < 4.78 is 41.9. The van der Waals surface area contributed by atoms with E-state index in [-0.39, 0.29) is 16.5 Å². The van der Waals surface area contributed by atoms with E-state index in [0.717, 1.165) is 41.2 Å². The third-order valence-corrected chi connectivity index (χ3v) is 6.78. The van der Waals surface area contributed by atoms with Crippen molar-refractivity contribution in [2.45, 2.75) is 45.8 Å². The van der Waals surface area contributed by atoms with Crippen LogP contribution in [0, 0.1) is 6.92 Å². The molecule has 0 radical (unpaired) electrons. The number of carboxylic acids is 1. The maximum atomic E-state index is 13.4. The van der Waals surface area contributed by atoms with Gasteiger partial charge in [-0.15, -0.1) is 0 Å². The number of carboxylic acid groups (broad SMARTS) is 1. The molecule has 3 aromatic rings. The van der Waals surface area contributed by atoms with E-state index >= 15 is 0 Å². The zero-order valence-corrected chi connectivity index (χ0v) is 20.3. The minimum absolute atomic E-state index is 0.0889. The molecule has 0 fully saturated rings. The molecular formula is C26H26F3N3O4. The molecular weight excluding hydrogens is 475 g/mol. The summed E-state index contributed by atoms with van der Waals surface area (Å²) in [6.07, 6.45) is -3.64. The van der Waals surface area contributed by atoms with Gasteiger partial charge >= 0.3 is 17.8 Å².